The molecule has 1 aliphatic rings. The largest absolute Gasteiger partial charge is 0.402 e. The van der Waals surface area contributed by atoms with Crippen molar-refractivity contribution in [3.8, 4) is 11.1 Å². The Morgan fingerprint density at radius 3 is 2.46 bits per heavy atom. The van der Waals surface area contributed by atoms with Gasteiger partial charge < -0.3 is 5.32 Å². The first kappa shape index (κ1) is 26.6. The molecule has 0 spiro atoms. The highest BCUT2D eigenvalue weighted by Gasteiger charge is 2.30. The summed E-state index contributed by atoms with van der Waals surface area (Å²) < 4.78 is 78.4. The zero-order valence-electron chi connectivity index (χ0n) is 19.5. The molecule has 1 heterocycles. The first-order valence-corrected chi connectivity index (χ1v) is 13.0. The minimum absolute atomic E-state index is 0.00675. The van der Waals surface area contributed by atoms with Gasteiger partial charge in [0.05, 0.1) is 10.6 Å². The summed E-state index contributed by atoms with van der Waals surface area (Å²) >= 11 is 0. The molecule has 12 heteroatoms. The lowest BCUT2D eigenvalue weighted by Crippen LogP contribution is -2.33. The standard InChI is InChI=1S/C25H24F4N4O3S/c26-21-9-4-12-30-23(21)33-24(34)32-22-14-19(37(35,36)31-15-25(27,28)29)10-11-20(22)18-8-3-7-17(13-18)16-5-1-2-6-16/h3-4,7-14,16,31H,1-2,5-6,15H2,(H2,30,32,33,34). The number of pyridine rings is 1. The lowest BCUT2D eigenvalue weighted by molar-refractivity contribution is -0.121. The molecule has 0 radical (unpaired) electrons. The topological polar surface area (TPSA) is 100 Å². The van der Waals surface area contributed by atoms with Crippen molar-refractivity contribution >= 4 is 27.6 Å². The molecule has 0 unspecified atom stereocenters. The normalized spacial score (nSPS) is 14.5. The van der Waals surface area contributed by atoms with Gasteiger partial charge >= 0.3 is 12.2 Å². The Labute approximate surface area is 211 Å². The van der Waals surface area contributed by atoms with Crippen molar-refractivity contribution in [3.05, 3.63) is 72.2 Å². The summed E-state index contributed by atoms with van der Waals surface area (Å²) in [7, 11) is -4.55. The summed E-state index contributed by atoms with van der Waals surface area (Å²) in [5.74, 6) is -0.742. The van der Waals surface area contributed by atoms with Crippen LogP contribution in [0, 0.1) is 5.82 Å². The summed E-state index contributed by atoms with van der Waals surface area (Å²) in [6.07, 6.45) is 0.885. The number of aromatic nitrogens is 1. The van der Waals surface area contributed by atoms with Crippen LogP contribution in [0.5, 0.6) is 0 Å². The number of sulfonamides is 1. The van der Waals surface area contributed by atoms with E-state index < -0.39 is 39.5 Å². The van der Waals surface area contributed by atoms with Gasteiger partial charge in [0.15, 0.2) is 11.6 Å². The first-order valence-electron chi connectivity index (χ1n) is 11.5. The van der Waals surface area contributed by atoms with Crippen LogP contribution >= 0.6 is 0 Å². The van der Waals surface area contributed by atoms with Crippen LogP contribution in [0.2, 0.25) is 0 Å². The average molecular weight is 537 g/mol. The van der Waals surface area contributed by atoms with Crippen LogP contribution in [0.1, 0.15) is 37.2 Å². The second-order valence-corrected chi connectivity index (χ2v) is 10.4. The molecule has 1 fully saturated rings. The quantitative estimate of drug-likeness (QED) is 0.321. The van der Waals surface area contributed by atoms with Crippen LogP contribution in [0.3, 0.4) is 0 Å². The molecule has 196 valence electrons. The second kappa shape index (κ2) is 10.9. The molecule has 0 aliphatic heterocycles. The van der Waals surface area contributed by atoms with Crippen LogP contribution in [0.15, 0.2) is 65.7 Å². The van der Waals surface area contributed by atoms with Crippen molar-refractivity contribution in [1.29, 1.82) is 0 Å². The van der Waals surface area contributed by atoms with E-state index in [2.05, 4.69) is 15.6 Å². The maximum absolute atomic E-state index is 13.9. The average Bonchev–Trinajstić information content (AvgIpc) is 3.39. The van der Waals surface area contributed by atoms with Crippen LogP contribution < -0.4 is 15.4 Å². The molecule has 3 N–H and O–H groups in total. The number of alkyl halides is 3. The molecule has 0 atom stereocenters. The number of halogens is 4. The van der Waals surface area contributed by atoms with Gasteiger partial charge in [0, 0.05) is 11.8 Å². The highest BCUT2D eigenvalue weighted by molar-refractivity contribution is 7.89. The number of rotatable bonds is 7. The summed E-state index contributed by atoms with van der Waals surface area (Å²) in [6, 6.07) is 12.7. The van der Waals surface area contributed by atoms with Gasteiger partial charge in [-0.3, -0.25) is 5.32 Å². The van der Waals surface area contributed by atoms with Crippen LogP contribution in [0.25, 0.3) is 11.1 Å². The fraction of sp³-hybridized carbons (Fsp3) is 0.280. The summed E-state index contributed by atoms with van der Waals surface area (Å²) in [5, 5.41) is 4.73. The smallest absolute Gasteiger partial charge is 0.307 e. The van der Waals surface area contributed by atoms with E-state index in [0.717, 1.165) is 49.4 Å². The van der Waals surface area contributed by atoms with Gasteiger partial charge in [-0.15, -0.1) is 0 Å². The van der Waals surface area contributed by atoms with Crippen molar-refractivity contribution in [3.63, 3.8) is 0 Å². The fourth-order valence-corrected chi connectivity index (χ4v) is 5.30. The minimum Gasteiger partial charge on any atom is -0.307 e. The molecule has 1 aliphatic carbocycles. The lowest BCUT2D eigenvalue weighted by atomic mass is 9.93. The summed E-state index contributed by atoms with van der Waals surface area (Å²) in [5.41, 5.74) is 2.22. The second-order valence-electron chi connectivity index (χ2n) is 8.67. The van der Waals surface area contributed by atoms with E-state index in [9.17, 15) is 30.8 Å². The molecule has 2 amide bonds. The number of urea groups is 1. The zero-order chi connectivity index (χ0) is 26.6. The van der Waals surface area contributed by atoms with Crippen LogP contribution in [-0.4, -0.2) is 32.2 Å². The Balaban J connectivity index is 1.69. The molecule has 0 saturated heterocycles. The molecule has 1 saturated carbocycles. The van der Waals surface area contributed by atoms with Gasteiger partial charge in [-0.05, 0) is 54.2 Å². The molecular formula is C25H24F4N4O3S. The monoisotopic (exact) mass is 536 g/mol. The zero-order valence-corrected chi connectivity index (χ0v) is 20.3. The fourth-order valence-electron chi connectivity index (χ4n) is 4.26. The number of amides is 2. The van der Waals surface area contributed by atoms with E-state index in [1.807, 2.05) is 18.2 Å². The minimum atomic E-state index is -4.75. The third-order valence-corrected chi connectivity index (χ3v) is 7.43. The van der Waals surface area contributed by atoms with E-state index in [4.69, 9.17) is 0 Å². The van der Waals surface area contributed by atoms with Crippen molar-refractivity contribution in [2.75, 3.05) is 17.2 Å². The molecule has 2 aromatic carbocycles. The predicted molar refractivity (Wildman–Crippen MR) is 131 cm³/mol. The molecule has 37 heavy (non-hydrogen) atoms. The number of hydrogen-bond donors (Lipinski definition) is 3. The number of benzene rings is 2. The molecular weight excluding hydrogens is 512 g/mol. The Bertz CT molecular complexity index is 1390. The number of carbonyl (C=O) groups is 1. The molecule has 7 nitrogen and oxygen atoms in total. The number of anilines is 2. The van der Waals surface area contributed by atoms with Crippen molar-refractivity contribution < 1.29 is 30.8 Å². The van der Waals surface area contributed by atoms with Gasteiger partial charge in [-0.2, -0.15) is 13.2 Å². The SMILES string of the molecule is O=C(Nc1cc(S(=O)(=O)NCC(F)(F)F)ccc1-c1cccc(C2CCCC2)c1)Nc1ncccc1F. The van der Waals surface area contributed by atoms with E-state index >= 15 is 0 Å². The van der Waals surface area contributed by atoms with Gasteiger partial charge in [-0.1, -0.05) is 43.2 Å². The Morgan fingerprint density at radius 2 is 1.76 bits per heavy atom. The Hall–Kier alpha value is -3.51. The van der Waals surface area contributed by atoms with Crippen molar-refractivity contribution in [1.82, 2.24) is 9.71 Å². The highest BCUT2D eigenvalue weighted by atomic mass is 32.2. The third-order valence-electron chi connectivity index (χ3n) is 6.03. The summed E-state index contributed by atoms with van der Waals surface area (Å²) in [4.78, 5) is 15.9. The maximum atomic E-state index is 13.9. The number of hydrogen-bond acceptors (Lipinski definition) is 4. The van der Waals surface area contributed by atoms with Crippen LogP contribution in [0.4, 0.5) is 33.9 Å². The third kappa shape index (κ3) is 6.83. The van der Waals surface area contributed by atoms with Gasteiger partial charge in [-0.25, -0.2) is 27.3 Å². The van der Waals surface area contributed by atoms with E-state index in [0.29, 0.717) is 17.0 Å². The maximum Gasteiger partial charge on any atom is 0.402 e. The predicted octanol–water partition coefficient (Wildman–Crippen LogP) is 6.03. The van der Waals surface area contributed by atoms with Gasteiger partial charge in [0.2, 0.25) is 10.0 Å². The number of carbonyl (C=O) groups excluding carboxylic acids is 1. The van der Waals surface area contributed by atoms with Crippen LogP contribution in [-0.2, 0) is 10.0 Å². The Kier molecular flexibility index (Phi) is 7.79. The van der Waals surface area contributed by atoms with Gasteiger partial charge in [0.25, 0.3) is 0 Å². The Morgan fingerprint density at radius 1 is 1.00 bits per heavy atom. The first-order chi connectivity index (χ1) is 17.5. The van der Waals surface area contributed by atoms with E-state index in [-0.39, 0.29) is 11.5 Å². The number of nitrogens with zero attached hydrogens (tertiary/aromatic N) is 1. The molecule has 4 rings (SSSR count). The van der Waals surface area contributed by atoms with E-state index in [1.165, 1.54) is 23.1 Å². The summed E-state index contributed by atoms with van der Waals surface area (Å²) in [6.45, 7) is -1.75. The lowest BCUT2D eigenvalue weighted by Gasteiger charge is -2.17. The van der Waals surface area contributed by atoms with Crippen molar-refractivity contribution in [2.45, 2.75) is 42.7 Å². The van der Waals surface area contributed by atoms with Gasteiger partial charge in [0.1, 0.15) is 6.54 Å². The molecule has 1 aromatic heterocycles. The van der Waals surface area contributed by atoms with E-state index in [1.54, 1.807) is 6.07 Å². The molecule has 0 bridgehead atoms. The molecule has 3 aromatic rings. The number of nitrogens with one attached hydrogen (secondary N) is 3. The highest BCUT2D eigenvalue weighted by Crippen LogP contribution is 2.37. The van der Waals surface area contributed by atoms with Crippen molar-refractivity contribution in [2.24, 2.45) is 0 Å².